The lowest BCUT2D eigenvalue weighted by Crippen LogP contribution is -2.52. The molecule has 118 valence electrons. The van der Waals surface area contributed by atoms with Gasteiger partial charge in [0.15, 0.2) is 0 Å². The molecule has 1 aromatic carbocycles. The van der Waals surface area contributed by atoms with Gasteiger partial charge in [0.1, 0.15) is 11.4 Å². The quantitative estimate of drug-likeness (QED) is 0.786. The van der Waals surface area contributed by atoms with Gasteiger partial charge >= 0.3 is 5.97 Å². The van der Waals surface area contributed by atoms with Crippen molar-refractivity contribution in [3.63, 3.8) is 0 Å². The van der Waals surface area contributed by atoms with Crippen LogP contribution in [0.2, 0.25) is 0 Å². The van der Waals surface area contributed by atoms with Crippen LogP contribution in [0.5, 0.6) is 5.75 Å². The largest absolute Gasteiger partial charge is 0.481 e. The van der Waals surface area contributed by atoms with Crippen LogP contribution in [-0.4, -0.2) is 24.2 Å². The second-order valence-electron chi connectivity index (χ2n) is 5.39. The fraction of sp³-hybridized carbons (Fsp3) is 0.389. The summed E-state index contributed by atoms with van der Waals surface area (Å²) in [4.78, 5) is 11.8. The number of esters is 1. The van der Waals surface area contributed by atoms with Crippen LogP contribution in [0.3, 0.4) is 0 Å². The van der Waals surface area contributed by atoms with Crippen LogP contribution in [0, 0.1) is 0 Å². The van der Waals surface area contributed by atoms with E-state index < -0.39 is 11.6 Å². The Morgan fingerprint density at radius 3 is 2.73 bits per heavy atom. The minimum absolute atomic E-state index is 0.130. The molecule has 0 fully saturated rings. The molecule has 22 heavy (non-hydrogen) atoms. The summed E-state index contributed by atoms with van der Waals surface area (Å²) in [6.07, 6.45) is 9.34. The molecule has 0 aromatic heterocycles. The van der Waals surface area contributed by atoms with Gasteiger partial charge in [-0.25, -0.2) is 0 Å². The molecule has 0 saturated heterocycles. The lowest BCUT2D eigenvalue weighted by atomic mass is 9.85. The molecule has 4 heteroatoms. The van der Waals surface area contributed by atoms with Gasteiger partial charge in [0.25, 0.3) is 0 Å². The molecule has 0 aliphatic heterocycles. The number of allylic oxidation sites excluding steroid dienone is 2. The topological polar surface area (TPSA) is 61.5 Å². The van der Waals surface area contributed by atoms with Crippen molar-refractivity contribution in [1.29, 1.82) is 0 Å². The Morgan fingerprint density at radius 1 is 1.32 bits per heavy atom. The van der Waals surface area contributed by atoms with Crippen LogP contribution in [-0.2, 0) is 9.53 Å². The Morgan fingerprint density at radius 2 is 2.09 bits per heavy atom. The molecule has 2 atom stereocenters. The molecular formula is C18H23NO3. The van der Waals surface area contributed by atoms with Gasteiger partial charge in [-0.15, -0.1) is 0 Å². The van der Waals surface area contributed by atoms with Crippen LogP contribution in [0.4, 0.5) is 0 Å². The number of hydrogen-bond acceptors (Lipinski definition) is 4. The molecule has 1 aliphatic rings. The van der Waals surface area contributed by atoms with Gasteiger partial charge in [-0.1, -0.05) is 43.4 Å². The van der Waals surface area contributed by atoms with E-state index in [9.17, 15) is 4.79 Å². The fourth-order valence-corrected chi connectivity index (χ4v) is 2.38. The van der Waals surface area contributed by atoms with E-state index in [2.05, 4.69) is 0 Å². The van der Waals surface area contributed by atoms with Crippen molar-refractivity contribution >= 4 is 5.97 Å². The highest BCUT2D eigenvalue weighted by atomic mass is 16.5. The predicted molar refractivity (Wildman–Crippen MR) is 86.5 cm³/mol. The predicted octanol–water partition coefficient (Wildman–Crippen LogP) is 2.99. The standard InChI is InChI=1S/C18H23NO3/c1-2-13-21-17(20)14-16(19)18(11-7-4-8-12-18)22-15-9-5-3-6-10-15/h3-11,16H,2,12-14,19H2,1H3. The normalized spacial score (nSPS) is 21.4. The smallest absolute Gasteiger partial charge is 0.307 e. The first-order chi connectivity index (χ1) is 10.7. The number of carbonyl (C=O) groups excluding carboxylic acids is 1. The van der Waals surface area contributed by atoms with Crippen LogP contribution in [0.25, 0.3) is 0 Å². The Hall–Kier alpha value is -2.07. The Labute approximate surface area is 131 Å². The highest BCUT2D eigenvalue weighted by molar-refractivity contribution is 5.70. The third kappa shape index (κ3) is 4.21. The molecule has 0 heterocycles. The van der Waals surface area contributed by atoms with Crippen molar-refractivity contribution in [2.45, 2.75) is 37.8 Å². The molecule has 0 radical (unpaired) electrons. The van der Waals surface area contributed by atoms with Gasteiger partial charge in [0.2, 0.25) is 0 Å². The number of ether oxygens (including phenoxy) is 2. The first kappa shape index (κ1) is 16.3. The third-order valence-corrected chi connectivity index (χ3v) is 3.59. The summed E-state index contributed by atoms with van der Waals surface area (Å²) in [5, 5.41) is 0. The average Bonchev–Trinajstić information content (AvgIpc) is 2.54. The Bertz CT molecular complexity index is 539. The van der Waals surface area contributed by atoms with E-state index in [1.807, 2.05) is 61.6 Å². The maximum absolute atomic E-state index is 11.8. The van der Waals surface area contributed by atoms with E-state index >= 15 is 0 Å². The molecule has 0 bridgehead atoms. The molecule has 2 unspecified atom stereocenters. The SMILES string of the molecule is CCCOC(=O)CC(N)C1(Oc2ccccc2)C=CC=CC1. The Kier molecular flexibility index (Phi) is 5.78. The van der Waals surface area contributed by atoms with E-state index in [1.165, 1.54) is 0 Å². The fourth-order valence-electron chi connectivity index (χ4n) is 2.38. The van der Waals surface area contributed by atoms with Crippen molar-refractivity contribution in [3.05, 3.63) is 54.6 Å². The zero-order chi connectivity index (χ0) is 15.8. The molecule has 4 nitrogen and oxygen atoms in total. The number of para-hydroxylation sites is 1. The number of benzene rings is 1. The van der Waals surface area contributed by atoms with E-state index in [-0.39, 0.29) is 12.4 Å². The van der Waals surface area contributed by atoms with Gasteiger partial charge in [-0.2, -0.15) is 0 Å². The first-order valence-corrected chi connectivity index (χ1v) is 7.66. The summed E-state index contributed by atoms with van der Waals surface area (Å²) in [7, 11) is 0. The molecule has 0 spiro atoms. The van der Waals surface area contributed by atoms with Crippen molar-refractivity contribution in [3.8, 4) is 5.75 Å². The number of carbonyl (C=O) groups is 1. The molecule has 2 N–H and O–H groups in total. The monoisotopic (exact) mass is 301 g/mol. The molecular weight excluding hydrogens is 278 g/mol. The van der Waals surface area contributed by atoms with Gasteiger partial charge in [0, 0.05) is 6.42 Å². The van der Waals surface area contributed by atoms with E-state index in [4.69, 9.17) is 15.2 Å². The lowest BCUT2D eigenvalue weighted by molar-refractivity contribution is -0.145. The van der Waals surface area contributed by atoms with Crippen LogP contribution in [0.1, 0.15) is 26.2 Å². The van der Waals surface area contributed by atoms with Crippen molar-refractivity contribution < 1.29 is 14.3 Å². The molecule has 0 amide bonds. The summed E-state index contributed by atoms with van der Waals surface area (Å²) >= 11 is 0. The second kappa shape index (κ2) is 7.80. The van der Waals surface area contributed by atoms with E-state index in [0.717, 1.165) is 12.2 Å². The minimum atomic E-state index is -0.721. The van der Waals surface area contributed by atoms with Crippen LogP contribution in [0.15, 0.2) is 54.6 Å². The lowest BCUT2D eigenvalue weighted by Gasteiger charge is -2.37. The Balaban J connectivity index is 2.10. The maximum Gasteiger partial charge on any atom is 0.307 e. The minimum Gasteiger partial charge on any atom is -0.481 e. The average molecular weight is 301 g/mol. The van der Waals surface area contributed by atoms with Crippen molar-refractivity contribution in [1.82, 2.24) is 0 Å². The highest BCUT2D eigenvalue weighted by Crippen LogP contribution is 2.29. The second-order valence-corrected chi connectivity index (χ2v) is 5.39. The highest BCUT2D eigenvalue weighted by Gasteiger charge is 2.38. The van der Waals surface area contributed by atoms with Crippen molar-refractivity contribution in [2.75, 3.05) is 6.61 Å². The van der Waals surface area contributed by atoms with Gasteiger partial charge < -0.3 is 15.2 Å². The van der Waals surface area contributed by atoms with Gasteiger partial charge in [0.05, 0.1) is 19.1 Å². The molecule has 1 aliphatic carbocycles. The third-order valence-electron chi connectivity index (χ3n) is 3.59. The maximum atomic E-state index is 11.8. The molecule has 0 saturated carbocycles. The summed E-state index contributed by atoms with van der Waals surface area (Å²) < 4.78 is 11.3. The summed E-state index contributed by atoms with van der Waals surface area (Å²) in [5.41, 5.74) is 5.57. The number of nitrogens with two attached hydrogens (primary N) is 1. The van der Waals surface area contributed by atoms with Crippen LogP contribution >= 0.6 is 0 Å². The zero-order valence-corrected chi connectivity index (χ0v) is 12.9. The molecule has 2 rings (SSSR count). The van der Waals surface area contributed by atoms with E-state index in [0.29, 0.717) is 13.0 Å². The number of hydrogen-bond donors (Lipinski definition) is 1. The summed E-state index contributed by atoms with van der Waals surface area (Å²) in [5.74, 6) is 0.452. The van der Waals surface area contributed by atoms with Gasteiger partial charge in [-0.05, 0) is 24.6 Å². The van der Waals surface area contributed by atoms with Crippen molar-refractivity contribution in [2.24, 2.45) is 5.73 Å². The summed E-state index contributed by atoms with van der Waals surface area (Å²) in [6.45, 7) is 2.38. The first-order valence-electron chi connectivity index (χ1n) is 7.66. The zero-order valence-electron chi connectivity index (χ0n) is 12.9. The molecule has 1 aromatic rings. The van der Waals surface area contributed by atoms with E-state index in [1.54, 1.807) is 0 Å². The van der Waals surface area contributed by atoms with Gasteiger partial charge in [-0.3, -0.25) is 4.79 Å². The number of rotatable bonds is 7. The van der Waals surface area contributed by atoms with Crippen LogP contribution < -0.4 is 10.5 Å². The summed E-state index contributed by atoms with van der Waals surface area (Å²) in [6, 6.07) is 9.04.